The zero-order chi connectivity index (χ0) is 13.9. The molecule has 0 aliphatic heterocycles. The van der Waals surface area contributed by atoms with Crippen LogP contribution in [0.15, 0.2) is 47.5 Å². The highest BCUT2D eigenvalue weighted by molar-refractivity contribution is 6.02. The van der Waals surface area contributed by atoms with Gasteiger partial charge >= 0.3 is 0 Å². The molecule has 7 heteroatoms. The number of nitrogens with one attached hydrogen (secondary N) is 1. The van der Waals surface area contributed by atoms with Crippen molar-refractivity contribution in [2.75, 3.05) is 5.32 Å². The summed E-state index contributed by atoms with van der Waals surface area (Å²) in [6.45, 7) is 1.76. The molecular weight excluding hydrogens is 258 g/mol. The van der Waals surface area contributed by atoms with Gasteiger partial charge in [0.2, 0.25) is 5.76 Å². The standard InChI is InChI=1S/C13H11N5O2/c1-9-6-12(20-17-9)13(19)16-10-2-4-11(5-3-10)18-8-14-7-15-18/h2-8H,1H3,(H,16,19). The van der Waals surface area contributed by atoms with Crippen LogP contribution in [0.4, 0.5) is 5.69 Å². The minimum Gasteiger partial charge on any atom is -0.351 e. The SMILES string of the molecule is Cc1cc(C(=O)Nc2ccc(-n3cncn3)cc2)on1. The predicted molar refractivity (Wildman–Crippen MR) is 70.6 cm³/mol. The fraction of sp³-hybridized carbons (Fsp3) is 0.0769. The quantitative estimate of drug-likeness (QED) is 0.783. The van der Waals surface area contributed by atoms with E-state index in [4.69, 9.17) is 4.52 Å². The maximum absolute atomic E-state index is 11.9. The van der Waals surface area contributed by atoms with Gasteiger partial charge in [-0.3, -0.25) is 4.79 Å². The highest BCUT2D eigenvalue weighted by atomic mass is 16.5. The van der Waals surface area contributed by atoms with Crippen LogP contribution in [-0.4, -0.2) is 25.8 Å². The Balaban J connectivity index is 1.74. The molecule has 0 saturated carbocycles. The second kappa shape index (κ2) is 4.96. The van der Waals surface area contributed by atoms with Crippen LogP contribution in [0.5, 0.6) is 0 Å². The summed E-state index contributed by atoms with van der Waals surface area (Å²) >= 11 is 0. The lowest BCUT2D eigenvalue weighted by molar-refractivity contribution is 0.0988. The summed E-state index contributed by atoms with van der Waals surface area (Å²) in [7, 11) is 0. The van der Waals surface area contributed by atoms with Crippen molar-refractivity contribution in [1.82, 2.24) is 19.9 Å². The molecule has 1 amide bonds. The monoisotopic (exact) mass is 269 g/mol. The fourth-order valence-corrected chi connectivity index (χ4v) is 1.70. The van der Waals surface area contributed by atoms with Crippen LogP contribution in [0.3, 0.4) is 0 Å². The van der Waals surface area contributed by atoms with Crippen LogP contribution in [-0.2, 0) is 0 Å². The molecule has 0 fully saturated rings. The Kier molecular flexibility index (Phi) is 3.00. The van der Waals surface area contributed by atoms with Crippen molar-refractivity contribution in [3.05, 3.63) is 54.4 Å². The molecule has 0 aliphatic carbocycles. The Morgan fingerprint density at radius 2 is 2.10 bits per heavy atom. The Morgan fingerprint density at radius 1 is 1.30 bits per heavy atom. The molecule has 0 atom stereocenters. The summed E-state index contributed by atoms with van der Waals surface area (Å²) in [4.78, 5) is 15.7. The summed E-state index contributed by atoms with van der Waals surface area (Å²) in [5.41, 5.74) is 2.18. The lowest BCUT2D eigenvalue weighted by Crippen LogP contribution is -2.10. The van der Waals surface area contributed by atoms with E-state index in [1.165, 1.54) is 6.33 Å². The van der Waals surface area contributed by atoms with Crippen LogP contribution in [0.1, 0.15) is 16.2 Å². The Bertz CT molecular complexity index is 716. The molecular formula is C13H11N5O2. The van der Waals surface area contributed by atoms with Crippen LogP contribution < -0.4 is 5.32 Å². The van der Waals surface area contributed by atoms with E-state index in [2.05, 4.69) is 20.6 Å². The van der Waals surface area contributed by atoms with Crippen LogP contribution in [0.25, 0.3) is 5.69 Å². The molecule has 20 heavy (non-hydrogen) atoms. The highest BCUT2D eigenvalue weighted by Crippen LogP contribution is 2.13. The molecule has 0 bridgehead atoms. The van der Waals surface area contributed by atoms with Crippen molar-refractivity contribution in [3.8, 4) is 5.69 Å². The number of anilines is 1. The molecule has 0 spiro atoms. The average molecular weight is 269 g/mol. The van der Waals surface area contributed by atoms with E-state index in [0.29, 0.717) is 11.4 Å². The number of carbonyl (C=O) groups is 1. The highest BCUT2D eigenvalue weighted by Gasteiger charge is 2.11. The first-order valence-corrected chi connectivity index (χ1v) is 5.92. The summed E-state index contributed by atoms with van der Waals surface area (Å²) in [5.74, 6) is -0.151. The van der Waals surface area contributed by atoms with E-state index >= 15 is 0 Å². The lowest BCUT2D eigenvalue weighted by Gasteiger charge is -2.04. The van der Waals surface area contributed by atoms with Crippen molar-refractivity contribution < 1.29 is 9.32 Å². The second-order valence-corrected chi connectivity index (χ2v) is 4.17. The molecule has 1 aromatic carbocycles. The van der Waals surface area contributed by atoms with E-state index in [1.54, 1.807) is 36.1 Å². The molecule has 0 saturated heterocycles. The topological polar surface area (TPSA) is 85.8 Å². The Morgan fingerprint density at radius 3 is 2.70 bits per heavy atom. The molecule has 1 N–H and O–H groups in total. The predicted octanol–water partition coefficient (Wildman–Crippen LogP) is 1.82. The first-order chi connectivity index (χ1) is 9.72. The number of aromatic nitrogens is 4. The third-order valence-corrected chi connectivity index (χ3v) is 2.66. The maximum Gasteiger partial charge on any atom is 0.294 e. The van der Waals surface area contributed by atoms with Gasteiger partial charge < -0.3 is 9.84 Å². The molecule has 3 rings (SSSR count). The molecule has 7 nitrogen and oxygen atoms in total. The van der Waals surface area contributed by atoms with E-state index in [9.17, 15) is 4.79 Å². The molecule has 0 radical (unpaired) electrons. The third-order valence-electron chi connectivity index (χ3n) is 2.66. The number of nitrogens with zero attached hydrogens (tertiary/aromatic N) is 4. The molecule has 3 aromatic rings. The van der Waals surface area contributed by atoms with Gasteiger partial charge in [0.1, 0.15) is 12.7 Å². The first-order valence-electron chi connectivity index (χ1n) is 5.92. The van der Waals surface area contributed by atoms with Crippen molar-refractivity contribution in [3.63, 3.8) is 0 Å². The van der Waals surface area contributed by atoms with E-state index in [0.717, 1.165) is 5.69 Å². The van der Waals surface area contributed by atoms with Crippen LogP contribution >= 0.6 is 0 Å². The number of aryl methyl sites for hydroxylation is 1. The summed E-state index contributed by atoms with van der Waals surface area (Å²) < 4.78 is 6.53. The fourth-order valence-electron chi connectivity index (χ4n) is 1.70. The zero-order valence-electron chi connectivity index (χ0n) is 10.6. The molecule has 0 unspecified atom stereocenters. The van der Waals surface area contributed by atoms with Crippen LogP contribution in [0.2, 0.25) is 0 Å². The maximum atomic E-state index is 11.9. The summed E-state index contributed by atoms with van der Waals surface area (Å²) in [6.07, 6.45) is 3.06. The zero-order valence-corrected chi connectivity index (χ0v) is 10.6. The third kappa shape index (κ3) is 2.41. The number of hydrogen-bond acceptors (Lipinski definition) is 5. The van der Waals surface area contributed by atoms with Gasteiger partial charge in [-0.25, -0.2) is 9.67 Å². The number of benzene rings is 1. The van der Waals surface area contributed by atoms with E-state index in [-0.39, 0.29) is 11.7 Å². The minimum absolute atomic E-state index is 0.183. The van der Waals surface area contributed by atoms with Crippen molar-refractivity contribution in [2.24, 2.45) is 0 Å². The van der Waals surface area contributed by atoms with Crippen molar-refractivity contribution in [2.45, 2.75) is 6.92 Å². The number of carbonyl (C=O) groups excluding carboxylic acids is 1. The molecule has 0 aliphatic rings. The average Bonchev–Trinajstić information content (AvgIpc) is 3.10. The van der Waals surface area contributed by atoms with Gasteiger partial charge in [-0.2, -0.15) is 5.10 Å². The van der Waals surface area contributed by atoms with E-state index < -0.39 is 0 Å². The molecule has 2 aromatic heterocycles. The number of hydrogen-bond donors (Lipinski definition) is 1. The van der Waals surface area contributed by atoms with Gasteiger partial charge in [-0.05, 0) is 31.2 Å². The summed E-state index contributed by atoms with van der Waals surface area (Å²) in [5, 5.41) is 10.4. The normalized spacial score (nSPS) is 10.4. The van der Waals surface area contributed by atoms with Crippen molar-refractivity contribution in [1.29, 1.82) is 0 Å². The van der Waals surface area contributed by atoms with Gasteiger partial charge in [0.15, 0.2) is 0 Å². The lowest BCUT2D eigenvalue weighted by atomic mass is 10.2. The summed E-state index contributed by atoms with van der Waals surface area (Å²) in [6, 6.07) is 8.79. The van der Waals surface area contributed by atoms with Gasteiger partial charge in [-0.1, -0.05) is 5.16 Å². The number of rotatable bonds is 3. The first kappa shape index (κ1) is 12.1. The van der Waals surface area contributed by atoms with Crippen LogP contribution in [0, 0.1) is 6.92 Å². The van der Waals surface area contributed by atoms with Gasteiger partial charge in [0.05, 0.1) is 11.4 Å². The smallest absolute Gasteiger partial charge is 0.294 e. The second-order valence-electron chi connectivity index (χ2n) is 4.17. The van der Waals surface area contributed by atoms with Crippen molar-refractivity contribution >= 4 is 11.6 Å². The Hall–Kier alpha value is -2.96. The Labute approximate surface area is 114 Å². The number of amides is 1. The van der Waals surface area contributed by atoms with E-state index in [1.807, 2.05) is 12.1 Å². The van der Waals surface area contributed by atoms with Gasteiger partial charge in [0, 0.05) is 11.8 Å². The molecule has 2 heterocycles. The largest absolute Gasteiger partial charge is 0.351 e. The van der Waals surface area contributed by atoms with Gasteiger partial charge in [-0.15, -0.1) is 0 Å². The molecule has 100 valence electrons. The van der Waals surface area contributed by atoms with Gasteiger partial charge in [0.25, 0.3) is 5.91 Å². The minimum atomic E-state index is -0.334.